The van der Waals surface area contributed by atoms with Crippen molar-refractivity contribution in [1.29, 1.82) is 0 Å². The number of aromatic nitrogens is 2. The first kappa shape index (κ1) is 18.3. The van der Waals surface area contributed by atoms with Crippen LogP contribution in [0.3, 0.4) is 0 Å². The minimum atomic E-state index is -0.443. The van der Waals surface area contributed by atoms with E-state index in [1.54, 1.807) is 31.3 Å². The lowest BCUT2D eigenvalue weighted by Gasteiger charge is -2.16. The number of benzene rings is 2. The molecule has 0 fully saturated rings. The minimum Gasteiger partial charge on any atom is -0.325 e. The first-order chi connectivity index (χ1) is 12.9. The number of imidazole rings is 1. The lowest BCUT2D eigenvalue weighted by Crippen LogP contribution is -2.36. The summed E-state index contributed by atoms with van der Waals surface area (Å²) in [5.41, 5.74) is 1.79. The number of nitrogens with zero attached hydrogens (tertiary/aromatic N) is 1. The highest BCUT2D eigenvalue weighted by molar-refractivity contribution is 5.95. The van der Waals surface area contributed by atoms with Crippen LogP contribution in [0.5, 0.6) is 0 Å². The van der Waals surface area contributed by atoms with E-state index in [0.717, 1.165) is 0 Å². The Morgan fingerprint density at radius 2 is 1.59 bits per heavy atom. The number of halogens is 1. The van der Waals surface area contributed by atoms with Crippen molar-refractivity contribution in [3.05, 3.63) is 58.8 Å². The summed E-state index contributed by atoms with van der Waals surface area (Å²) >= 11 is 0. The molecule has 27 heavy (non-hydrogen) atoms. The van der Waals surface area contributed by atoms with Crippen LogP contribution in [0.25, 0.3) is 11.0 Å². The molecule has 9 heteroatoms. The van der Waals surface area contributed by atoms with Gasteiger partial charge in [-0.15, -0.1) is 0 Å². The number of anilines is 2. The third kappa shape index (κ3) is 5.02. The molecule has 1 aromatic heterocycles. The molecule has 140 valence electrons. The molecule has 0 atom stereocenters. The Labute approximate surface area is 153 Å². The van der Waals surface area contributed by atoms with E-state index in [4.69, 9.17) is 0 Å². The molecule has 3 aromatic rings. The standard InChI is InChI=1S/C18H18FN5O3/c1-24(9-16(25)20-12-4-2-3-11(19)7-12)10-17(26)21-13-5-6-14-15(8-13)23-18(27)22-14/h2-8H,9-10H2,1H3,(H,20,25)(H,21,26)(H2,22,23,27). The van der Waals surface area contributed by atoms with Gasteiger partial charge in [0.1, 0.15) is 5.82 Å². The predicted octanol–water partition coefficient (Wildman–Crippen LogP) is 1.50. The van der Waals surface area contributed by atoms with Crippen LogP contribution < -0.4 is 16.3 Å². The molecule has 3 rings (SSSR count). The molecule has 2 amide bonds. The number of nitrogens with one attached hydrogen (secondary N) is 4. The van der Waals surface area contributed by atoms with Crippen molar-refractivity contribution in [2.75, 3.05) is 30.8 Å². The van der Waals surface area contributed by atoms with Gasteiger partial charge in [0.05, 0.1) is 24.1 Å². The molecule has 0 spiro atoms. The minimum absolute atomic E-state index is 0.0156. The molecule has 0 aliphatic carbocycles. The molecule has 0 unspecified atom stereocenters. The van der Waals surface area contributed by atoms with E-state index >= 15 is 0 Å². The highest BCUT2D eigenvalue weighted by atomic mass is 19.1. The number of carbonyl (C=O) groups excluding carboxylic acids is 2. The van der Waals surface area contributed by atoms with Crippen molar-refractivity contribution in [3.8, 4) is 0 Å². The van der Waals surface area contributed by atoms with Crippen molar-refractivity contribution in [2.24, 2.45) is 0 Å². The largest absolute Gasteiger partial charge is 0.325 e. The van der Waals surface area contributed by atoms with Crippen LogP contribution in [0.2, 0.25) is 0 Å². The second-order valence-electron chi connectivity index (χ2n) is 6.12. The molecule has 0 bridgehead atoms. The summed E-state index contributed by atoms with van der Waals surface area (Å²) in [6, 6.07) is 10.6. The van der Waals surface area contributed by atoms with Gasteiger partial charge >= 0.3 is 5.69 Å². The Kier molecular flexibility index (Phi) is 5.32. The van der Waals surface area contributed by atoms with Crippen LogP contribution in [-0.4, -0.2) is 46.8 Å². The predicted molar refractivity (Wildman–Crippen MR) is 100 cm³/mol. The molecule has 8 nitrogen and oxygen atoms in total. The van der Waals surface area contributed by atoms with Crippen LogP contribution in [0.15, 0.2) is 47.3 Å². The summed E-state index contributed by atoms with van der Waals surface area (Å²) in [5, 5.41) is 5.28. The number of likely N-dealkylation sites (N-methyl/N-ethyl adjacent to an activating group) is 1. The quantitative estimate of drug-likeness (QED) is 0.526. The molecule has 0 saturated heterocycles. The number of aromatic amines is 2. The van der Waals surface area contributed by atoms with Crippen LogP contribution in [0.4, 0.5) is 15.8 Å². The maximum absolute atomic E-state index is 13.1. The SMILES string of the molecule is CN(CC(=O)Nc1cccc(F)c1)CC(=O)Nc1ccc2[nH]c(=O)[nH]c2c1. The summed E-state index contributed by atoms with van der Waals surface area (Å²) < 4.78 is 13.1. The third-order valence-corrected chi connectivity index (χ3v) is 3.74. The monoisotopic (exact) mass is 371 g/mol. The highest BCUT2D eigenvalue weighted by Gasteiger charge is 2.12. The normalized spacial score (nSPS) is 10.9. The van der Waals surface area contributed by atoms with E-state index in [2.05, 4.69) is 20.6 Å². The Balaban J connectivity index is 1.51. The topological polar surface area (TPSA) is 110 Å². The van der Waals surface area contributed by atoms with Crippen LogP contribution >= 0.6 is 0 Å². The zero-order chi connectivity index (χ0) is 19.4. The molecule has 0 radical (unpaired) electrons. The van der Waals surface area contributed by atoms with Gasteiger partial charge in [-0.2, -0.15) is 0 Å². The number of carbonyl (C=O) groups is 2. The Morgan fingerprint density at radius 1 is 0.963 bits per heavy atom. The smallest absolute Gasteiger partial charge is 0.323 e. The van der Waals surface area contributed by atoms with E-state index in [9.17, 15) is 18.8 Å². The Bertz CT molecular complexity index is 1040. The Morgan fingerprint density at radius 3 is 2.26 bits per heavy atom. The number of amides is 2. The van der Waals surface area contributed by atoms with Gasteiger partial charge < -0.3 is 20.6 Å². The van der Waals surface area contributed by atoms with E-state index in [1.165, 1.54) is 23.1 Å². The van der Waals surface area contributed by atoms with E-state index < -0.39 is 5.82 Å². The van der Waals surface area contributed by atoms with Gasteiger partial charge in [0.15, 0.2) is 0 Å². The fourth-order valence-electron chi connectivity index (χ4n) is 2.62. The van der Waals surface area contributed by atoms with Crippen molar-refractivity contribution in [3.63, 3.8) is 0 Å². The number of hydrogen-bond donors (Lipinski definition) is 4. The van der Waals surface area contributed by atoms with Crippen molar-refractivity contribution in [1.82, 2.24) is 14.9 Å². The van der Waals surface area contributed by atoms with Crippen LogP contribution in [0.1, 0.15) is 0 Å². The molecule has 0 aliphatic heterocycles. The molecule has 0 saturated carbocycles. The maximum Gasteiger partial charge on any atom is 0.323 e. The van der Waals surface area contributed by atoms with Crippen molar-refractivity contribution in [2.45, 2.75) is 0 Å². The number of hydrogen-bond acceptors (Lipinski definition) is 4. The zero-order valence-electron chi connectivity index (χ0n) is 14.5. The number of H-pyrrole nitrogens is 2. The van der Waals surface area contributed by atoms with Gasteiger partial charge in [-0.1, -0.05) is 6.07 Å². The lowest BCUT2D eigenvalue weighted by molar-refractivity contribution is -0.119. The number of rotatable bonds is 6. The molecular formula is C18H18FN5O3. The highest BCUT2D eigenvalue weighted by Crippen LogP contribution is 2.14. The first-order valence-electron chi connectivity index (χ1n) is 8.15. The van der Waals surface area contributed by atoms with Gasteiger partial charge in [0.25, 0.3) is 0 Å². The second kappa shape index (κ2) is 7.83. The Hall–Kier alpha value is -3.46. The van der Waals surface area contributed by atoms with Gasteiger partial charge in [0, 0.05) is 11.4 Å². The summed E-state index contributed by atoms with van der Waals surface area (Å²) in [6.07, 6.45) is 0. The maximum atomic E-state index is 13.1. The summed E-state index contributed by atoms with van der Waals surface area (Å²) in [7, 11) is 1.62. The fourth-order valence-corrected chi connectivity index (χ4v) is 2.62. The molecule has 4 N–H and O–H groups in total. The number of fused-ring (bicyclic) bond motifs is 1. The van der Waals surface area contributed by atoms with Crippen LogP contribution in [-0.2, 0) is 9.59 Å². The van der Waals surface area contributed by atoms with E-state index in [1.807, 2.05) is 0 Å². The molecule has 1 heterocycles. The first-order valence-corrected chi connectivity index (χ1v) is 8.15. The average molecular weight is 371 g/mol. The summed E-state index contributed by atoms with van der Waals surface area (Å²) in [6.45, 7) is -0.0492. The molecule has 0 aliphatic rings. The average Bonchev–Trinajstić information content (AvgIpc) is 2.93. The van der Waals surface area contributed by atoms with Crippen LogP contribution in [0, 0.1) is 5.82 Å². The van der Waals surface area contributed by atoms with Crippen molar-refractivity contribution < 1.29 is 14.0 Å². The lowest BCUT2D eigenvalue weighted by atomic mass is 10.2. The third-order valence-electron chi connectivity index (χ3n) is 3.74. The molecular weight excluding hydrogens is 353 g/mol. The molecule has 2 aromatic carbocycles. The van der Waals surface area contributed by atoms with Gasteiger partial charge in [-0.25, -0.2) is 9.18 Å². The fraction of sp³-hybridized carbons (Fsp3) is 0.167. The zero-order valence-corrected chi connectivity index (χ0v) is 14.5. The van der Waals surface area contributed by atoms with Crippen molar-refractivity contribution >= 4 is 34.2 Å². The summed E-state index contributed by atoms with van der Waals surface area (Å²) in [4.78, 5) is 42.1. The second-order valence-corrected chi connectivity index (χ2v) is 6.12. The van der Waals surface area contributed by atoms with E-state index in [0.29, 0.717) is 22.4 Å². The van der Waals surface area contributed by atoms with Gasteiger partial charge in [0.2, 0.25) is 11.8 Å². The van der Waals surface area contributed by atoms with Gasteiger partial charge in [-0.3, -0.25) is 14.5 Å². The summed E-state index contributed by atoms with van der Waals surface area (Å²) in [5.74, 6) is -1.11. The van der Waals surface area contributed by atoms with Gasteiger partial charge in [-0.05, 0) is 43.4 Å². The van der Waals surface area contributed by atoms with E-state index in [-0.39, 0.29) is 30.6 Å².